The summed E-state index contributed by atoms with van der Waals surface area (Å²) in [7, 11) is 1.38. The number of ether oxygens (including phenoxy) is 1. The summed E-state index contributed by atoms with van der Waals surface area (Å²) in [6, 6.07) is 0. The number of hydrogen-bond acceptors (Lipinski definition) is 4. The van der Waals surface area contributed by atoms with Gasteiger partial charge in [0.25, 0.3) is 0 Å². The first kappa shape index (κ1) is 17.9. The van der Waals surface area contributed by atoms with Crippen LogP contribution in [0.5, 0.6) is 0 Å². The van der Waals surface area contributed by atoms with Gasteiger partial charge in [0, 0.05) is 26.1 Å². The van der Waals surface area contributed by atoms with Crippen LogP contribution in [0.3, 0.4) is 0 Å². The molecule has 0 saturated heterocycles. The van der Waals surface area contributed by atoms with Gasteiger partial charge in [0.1, 0.15) is 0 Å². The van der Waals surface area contributed by atoms with Crippen molar-refractivity contribution >= 4 is 11.9 Å². The number of nitrogens with zero attached hydrogens (tertiary/aromatic N) is 2. The maximum atomic E-state index is 11.9. The van der Waals surface area contributed by atoms with Crippen LogP contribution < -0.4 is 0 Å². The van der Waals surface area contributed by atoms with Gasteiger partial charge in [0.2, 0.25) is 5.91 Å². The number of carbonyl (C=O) groups excluding carboxylic acids is 2. The Balaban J connectivity index is 4.47. The molecule has 0 fully saturated rings. The summed E-state index contributed by atoms with van der Waals surface area (Å²) in [5.41, 5.74) is 0. The molecular weight excluding hydrogens is 244 g/mol. The number of amides is 1. The lowest BCUT2D eigenvalue weighted by Crippen LogP contribution is -2.42. The first-order chi connectivity index (χ1) is 8.99. The molecule has 0 spiro atoms. The van der Waals surface area contributed by atoms with Gasteiger partial charge in [-0.1, -0.05) is 27.7 Å². The van der Waals surface area contributed by atoms with E-state index in [2.05, 4.69) is 18.7 Å². The summed E-state index contributed by atoms with van der Waals surface area (Å²) >= 11 is 0. The van der Waals surface area contributed by atoms with Crippen LogP contribution in [0.25, 0.3) is 0 Å². The normalized spacial score (nSPS) is 12.3. The number of rotatable bonds is 9. The van der Waals surface area contributed by atoms with Crippen molar-refractivity contribution in [1.29, 1.82) is 0 Å². The van der Waals surface area contributed by atoms with Gasteiger partial charge in [0.15, 0.2) is 0 Å². The Bertz CT molecular complexity index is 278. The summed E-state index contributed by atoms with van der Waals surface area (Å²) in [5.74, 6) is -0.461. The van der Waals surface area contributed by atoms with Crippen LogP contribution in [0.4, 0.5) is 0 Å². The van der Waals surface area contributed by atoms with Crippen LogP contribution in [-0.4, -0.2) is 61.5 Å². The van der Waals surface area contributed by atoms with Crippen molar-refractivity contribution in [3.63, 3.8) is 0 Å². The molecule has 1 amide bonds. The van der Waals surface area contributed by atoms with E-state index in [0.29, 0.717) is 19.5 Å². The van der Waals surface area contributed by atoms with Crippen LogP contribution >= 0.6 is 0 Å². The first-order valence-electron chi connectivity index (χ1n) is 7.07. The summed E-state index contributed by atoms with van der Waals surface area (Å²) in [5, 5.41) is 0. The van der Waals surface area contributed by atoms with Crippen molar-refractivity contribution in [1.82, 2.24) is 9.80 Å². The van der Waals surface area contributed by atoms with E-state index in [1.807, 2.05) is 6.92 Å². The average Bonchev–Trinajstić information content (AvgIpc) is 2.44. The lowest BCUT2D eigenvalue weighted by atomic mass is 10.1. The Hall–Kier alpha value is -1.10. The van der Waals surface area contributed by atoms with Gasteiger partial charge in [-0.2, -0.15) is 0 Å². The van der Waals surface area contributed by atoms with Crippen LogP contribution in [0.1, 0.15) is 34.1 Å². The average molecular weight is 272 g/mol. The molecule has 0 saturated carbocycles. The third-order valence-electron chi connectivity index (χ3n) is 3.33. The topological polar surface area (TPSA) is 49.9 Å². The van der Waals surface area contributed by atoms with E-state index in [4.69, 9.17) is 4.74 Å². The van der Waals surface area contributed by atoms with E-state index in [0.717, 1.165) is 19.6 Å². The summed E-state index contributed by atoms with van der Waals surface area (Å²) in [6.07, 6.45) is 0.464. The van der Waals surface area contributed by atoms with Crippen molar-refractivity contribution in [2.45, 2.75) is 34.1 Å². The van der Waals surface area contributed by atoms with Crippen molar-refractivity contribution in [3.8, 4) is 0 Å². The fourth-order valence-corrected chi connectivity index (χ4v) is 1.95. The predicted octanol–water partition coefficient (Wildman–Crippen LogP) is 1.38. The summed E-state index contributed by atoms with van der Waals surface area (Å²) in [6.45, 7) is 11.7. The van der Waals surface area contributed by atoms with Crippen LogP contribution in [-0.2, 0) is 14.3 Å². The minimum atomic E-state index is -0.280. The Morgan fingerprint density at radius 2 is 1.68 bits per heavy atom. The quantitative estimate of drug-likeness (QED) is 0.595. The molecule has 0 bridgehead atoms. The molecule has 0 N–H and O–H groups in total. The maximum absolute atomic E-state index is 11.9. The molecule has 0 aliphatic rings. The second kappa shape index (κ2) is 9.78. The largest absolute Gasteiger partial charge is 0.469 e. The highest BCUT2D eigenvalue weighted by atomic mass is 16.5. The van der Waals surface area contributed by atoms with Gasteiger partial charge in [-0.05, 0) is 13.1 Å². The third kappa shape index (κ3) is 6.57. The lowest BCUT2D eigenvalue weighted by Gasteiger charge is -2.27. The molecule has 0 heterocycles. The van der Waals surface area contributed by atoms with Crippen molar-refractivity contribution < 1.29 is 14.3 Å². The highest BCUT2D eigenvalue weighted by Gasteiger charge is 2.20. The van der Waals surface area contributed by atoms with Crippen LogP contribution in [0, 0.1) is 5.92 Å². The molecule has 0 rings (SSSR count). The summed E-state index contributed by atoms with van der Waals surface area (Å²) in [4.78, 5) is 27.4. The zero-order valence-electron chi connectivity index (χ0n) is 12.9. The Labute approximate surface area is 116 Å². The SMILES string of the molecule is CCC(=O)N(CCN(CC)CC)CC(C)C(=O)OC. The standard InChI is InChI=1S/C14H28N2O3/c1-6-13(17)16(10-9-15(7-2)8-3)11-12(4)14(18)19-5/h12H,6-11H2,1-5H3. The molecule has 0 aromatic heterocycles. The minimum absolute atomic E-state index is 0.0860. The third-order valence-corrected chi connectivity index (χ3v) is 3.33. The Morgan fingerprint density at radius 1 is 1.11 bits per heavy atom. The fourth-order valence-electron chi connectivity index (χ4n) is 1.95. The monoisotopic (exact) mass is 272 g/mol. The second-order valence-electron chi connectivity index (χ2n) is 4.64. The first-order valence-corrected chi connectivity index (χ1v) is 7.07. The molecule has 0 aliphatic heterocycles. The molecular formula is C14H28N2O3. The van der Waals surface area contributed by atoms with E-state index in [9.17, 15) is 9.59 Å². The molecule has 0 aromatic rings. The van der Waals surface area contributed by atoms with E-state index >= 15 is 0 Å². The van der Waals surface area contributed by atoms with Crippen molar-refractivity contribution in [2.24, 2.45) is 5.92 Å². The molecule has 0 aromatic carbocycles. The van der Waals surface area contributed by atoms with Gasteiger partial charge < -0.3 is 14.5 Å². The fraction of sp³-hybridized carbons (Fsp3) is 0.857. The van der Waals surface area contributed by atoms with Gasteiger partial charge in [-0.25, -0.2) is 0 Å². The van der Waals surface area contributed by atoms with Gasteiger partial charge in [-0.3, -0.25) is 9.59 Å². The smallest absolute Gasteiger partial charge is 0.310 e. The summed E-state index contributed by atoms with van der Waals surface area (Å²) < 4.78 is 4.71. The lowest BCUT2D eigenvalue weighted by molar-refractivity contribution is -0.146. The zero-order chi connectivity index (χ0) is 14.8. The second-order valence-corrected chi connectivity index (χ2v) is 4.64. The Morgan fingerprint density at radius 3 is 2.11 bits per heavy atom. The number of likely N-dealkylation sites (N-methyl/N-ethyl adjacent to an activating group) is 1. The number of carbonyl (C=O) groups is 2. The minimum Gasteiger partial charge on any atom is -0.469 e. The van der Waals surface area contributed by atoms with E-state index in [-0.39, 0.29) is 17.8 Å². The highest BCUT2D eigenvalue weighted by Crippen LogP contribution is 2.05. The van der Waals surface area contributed by atoms with Gasteiger partial charge in [0.05, 0.1) is 13.0 Å². The Kier molecular flexibility index (Phi) is 9.21. The number of hydrogen-bond donors (Lipinski definition) is 0. The van der Waals surface area contributed by atoms with Gasteiger partial charge >= 0.3 is 5.97 Å². The van der Waals surface area contributed by atoms with Crippen LogP contribution in [0.2, 0.25) is 0 Å². The van der Waals surface area contributed by atoms with Crippen molar-refractivity contribution in [2.75, 3.05) is 39.8 Å². The molecule has 1 atom stereocenters. The highest BCUT2D eigenvalue weighted by molar-refractivity contribution is 5.77. The molecule has 112 valence electrons. The molecule has 19 heavy (non-hydrogen) atoms. The van der Waals surface area contributed by atoms with E-state index in [1.54, 1.807) is 11.8 Å². The molecule has 0 radical (unpaired) electrons. The number of esters is 1. The maximum Gasteiger partial charge on any atom is 0.310 e. The molecule has 0 aliphatic carbocycles. The molecule has 5 nitrogen and oxygen atoms in total. The zero-order valence-corrected chi connectivity index (χ0v) is 12.9. The van der Waals surface area contributed by atoms with E-state index < -0.39 is 0 Å². The molecule has 1 unspecified atom stereocenters. The molecule has 5 heteroatoms. The van der Waals surface area contributed by atoms with Gasteiger partial charge in [-0.15, -0.1) is 0 Å². The predicted molar refractivity (Wildman–Crippen MR) is 75.8 cm³/mol. The van der Waals surface area contributed by atoms with Crippen molar-refractivity contribution in [3.05, 3.63) is 0 Å². The van der Waals surface area contributed by atoms with Crippen LogP contribution in [0.15, 0.2) is 0 Å². The van der Waals surface area contributed by atoms with E-state index in [1.165, 1.54) is 7.11 Å². The number of methoxy groups -OCH3 is 1.